The number of pyridine rings is 1. The van der Waals surface area contributed by atoms with Gasteiger partial charge in [0, 0.05) is 6.20 Å². The van der Waals surface area contributed by atoms with Crippen molar-refractivity contribution in [2.45, 2.75) is 6.18 Å². The van der Waals surface area contributed by atoms with Crippen LogP contribution in [-0.4, -0.2) is 24.2 Å². The second-order valence-electron chi connectivity index (χ2n) is 2.72. The van der Waals surface area contributed by atoms with Gasteiger partial charge in [-0.2, -0.15) is 13.2 Å². The summed E-state index contributed by atoms with van der Waals surface area (Å²) >= 11 is 0. The van der Waals surface area contributed by atoms with E-state index in [4.69, 9.17) is 0 Å². The lowest BCUT2D eigenvalue weighted by Crippen LogP contribution is -2.17. The van der Waals surface area contributed by atoms with Gasteiger partial charge in [-0.1, -0.05) is 0 Å². The molecule has 1 aromatic rings. The van der Waals surface area contributed by atoms with Crippen LogP contribution in [0.5, 0.6) is 0 Å². The predicted octanol–water partition coefficient (Wildman–Crippen LogP) is 2.23. The standard InChI is InChI=1S/C9H7F4NO2/c10-3-5-16-8(15)7-6(9(11,12)13)2-1-4-14-7/h1-2,4H,3,5H2. The molecule has 0 N–H and O–H groups in total. The molecule has 0 amide bonds. The maximum atomic E-state index is 12.4. The van der Waals surface area contributed by atoms with Gasteiger partial charge < -0.3 is 4.74 Å². The fourth-order valence-corrected chi connectivity index (χ4v) is 0.996. The number of aromatic nitrogens is 1. The molecule has 0 spiro atoms. The van der Waals surface area contributed by atoms with Gasteiger partial charge in [-0.05, 0) is 12.1 Å². The van der Waals surface area contributed by atoms with E-state index in [0.29, 0.717) is 6.07 Å². The highest BCUT2D eigenvalue weighted by molar-refractivity contribution is 5.89. The number of halogens is 4. The first-order valence-corrected chi connectivity index (χ1v) is 4.22. The quantitative estimate of drug-likeness (QED) is 0.597. The fraction of sp³-hybridized carbons (Fsp3) is 0.333. The normalized spacial score (nSPS) is 11.2. The van der Waals surface area contributed by atoms with Gasteiger partial charge in [-0.3, -0.25) is 0 Å². The zero-order chi connectivity index (χ0) is 12.2. The number of esters is 1. The molecule has 0 aliphatic rings. The van der Waals surface area contributed by atoms with Crippen LogP contribution in [0.4, 0.5) is 17.6 Å². The minimum Gasteiger partial charge on any atom is -0.458 e. The minimum atomic E-state index is -4.70. The number of ether oxygens (including phenoxy) is 1. The van der Waals surface area contributed by atoms with Crippen LogP contribution in [0.1, 0.15) is 16.1 Å². The molecule has 0 fully saturated rings. The number of carbonyl (C=O) groups is 1. The highest BCUT2D eigenvalue weighted by Gasteiger charge is 2.36. The summed E-state index contributed by atoms with van der Waals surface area (Å²) in [4.78, 5) is 14.4. The largest absolute Gasteiger partial charge is 0.458 e. The third kappa shape index (κ3) is 2.91. The van der Waals surface area contributed by atoms with Gasteiger partial charge in [-0.15, -0.1) is 0 Å². The van der Waals surface area contributed by atoms with E-state index >= 15 is 0 Å². The van der Waals surface area contributed by atoms with Crippen LogP contribution in [0.15, 0.2) is 18.3 Å². The monoisotopic (exact) mass is 237 g/mol. The zero-order valence-electron chi connectivity index (χ0n) is 7.92. The number of hydrogen-bond acceptors (Lipinski definition) is 3. The van der Waals surface area contributed by atoms with Crippen LogP contribution < -0.4 is 0 Å². The summed E-state index contributed by atoms with van der Waals surface area (Å²) in [5.41, 5.74) is -2.05. The number of alkyl halides is 4. The molecule has 3 nitrogen and oxygen atoms in total. The number of carbonyl (C=O) groups excluding carboxylic acids is 1. The third-order valence-corrected chi connectivity index (χ3v) is 1.62. The first kappa shape index (κ1) is 12.4. The maximum Gasteiger partial charge on any atom is 0.418 e. The third-order valence-electron chi connectivity index (χ3n) is 1.62. The Labute approximate surface area is 88.0 Å². The summed E-state index contributed by atoms with van der Waals surface area (Å²) < 4.78 is 53.1. The molecule has 0 saturated heterocycles. The van der Waals surface area contributed by atoms with Crippen molar-refractivity contribution in [2.75, 3.05) is 13.3 Å². The molecule has 0 bridgehead atoms. The lowest BCUT2D eigenvalue weighted by atomic mass is 10.2. The predicted molar refractivity (Wildman–Crippen MR) is 45.5 cm³/mol. The summed E-state index contributed by atoms with van der Waals surface area (Å²) in [5, 5.41) is 0. The molecule has 16 heavy (non-hydrogen) atoms. The van der Waals surface area contributed by atoms with Gasteiger partial charge in [0.2, 0.25) is 0 Å². The van der Waals surface area contributed by atoms with Crippen LogP contribution in [-0.2, 0) is 10.9 Å². The van der Waals surface area contributed by atoms with Crippen molar-refractivity contribution in [3.63, 3.8) is 0 Å². The van der Waals surface area contributed by atoms with Crippen molar-refractivity contribution in [2.24, 2.45) is 0 Å². The van der Waals surface area contributed by atoms with E-state index in [9.17, 15) is 22.4 Å². The van der Waals surface area contributed by atoms with Gasteiger partial charge in [0.25, 0.3) is 0 Å². The highest BCUT2D eigenvalue weighted by Crippen LogP contribution is 2.31. The highest BCUT2D eigenvalue weighted by atomic mass is 19.4. The number of hydrogen-bond donors (Lipinski definition) is 0. The first-order chi connectivity index (χ1) is 7.46. The van der Waals surface area contributed by atoms with E-state index in [1.165, 1.54) is 0 Å². The molecule has 1 rings (SSSR count). The Balaban J connectivity index is 3.00. The van der Waals surface area contributed by atoms with Crippen molar-refractivity contribution in [1.29, 1.82) is 0 Å². The minimum absolute atomic E-state index is 0.591. The molecule has 1 heterocycles. The lowest BCUT2D eigenvalue weighted by Gasteiger charge is -2.10. The van der Waals surface area contributed by atoms with E-state index in [0.717, 1.165) is 12.3 Å². The number of rotatable bonds is 3. The summed E-state index contributed by atoms with van der Waals surface area (Å²) in [6.45, 7) is -1.55. The van der Waals surface area contributed by atoms with E-state index in [-0.39, 0.29) is 0 Å². The van der Waals surface area contributed by atoms with Crippen molar-refractivity contribution < 1.29 is 27.1 Å². The Bertz CT molecular complexity index is 378. The molecule has 0 saturated carbocycles. The van der Waals surface area contributed by atoms with Crippen molar-refractivity contribution in [1.82, 2.24) is 4.98 Å². The zero-order valence-corrected chi connectivity index (χ0v) is 7.92. The van der Waals surface area contributed by atoms with Crippen molar-refractivity contribution in [3.05, 3.63) is 29.6 Å². The van der Waals surface area contributed by atoms with Gasteiger partial charge in [0.05, 0.1) is 5.56 Å². The molecular weight excluding hydrogens is 230 g/mol. The average molecular weight is 237 g/mol. The Morgan fingerprint density at radius 3 is 2.69 bits per heavy atom. The first-order valence-electron chi connectivity index (χ1n) is 4.22. The van der Waals surface area contributed by atoms with E-state index in [1.807, 2.05) is 0 Å². The van der Waals surface area contributed by atoms with E-state index in [1.54, 1.807) is 0 Å². The molecule has 0 aromatic carbocycles. The SMILES string of the molecule is O=C(OCCF)c1ncccc1C(F)(F)F. The van der Waals surface area contributed by atoms with Gasteiger partial charge in [0.1, 0.15) is 13.3 Å². The topological polar surface area (TPSA) is 39.2 Å². The van der Waals surface area contributed by atoms with Crippen molar-refractivity contribution >= 4 is 5.97 Å². The molecule has 7 heteroatoms. The summed E-state index contributed by atoms with van der Waals surface area (Å²) in [5.74, 6) is -1.29. The number of nitrogens with zero attached hydrogens (tertiary/aromatic N) is 1. The fourth-order valence-electron chi connectivity index (χ4n) is 0.996. The van der Waals surface area contributed by atoms with Gasteiger partial charge in [0.15, 0.2) is 5.69 Å². The molecule has 0 aliphatic heterocycles. The van der Waals surface area contributed by atoms with E-state index < -0.39 is 36.7 Å². The second kappa shape index (κ2) is 4.91. The Hall–Kier alpha value is -1.66. The second-order valence-corrected chi connectivity index (χ2v) is 2.72. The molecule has 0 atom stereocenters. The Kier molecular flexibility index (Phi) is 3.81. The molecule has 0 aliphatic carbocycles. The molecule has 0 radical (unpaired) electrons. The van der Waals surface area contributed by atoms with Crippen LogP contribution >= 0.6 is 0 Å². The molecule has 0 unspecified atom stereocenters. The summed E-state index contributed by atoms with van der Waals surface area (Å²) in [6.07, 6.45) is -3.67. The van der Waals surface area contributed by atoms with Crippen molar-refractivity contribution in [3.8, 4) is 0 Å². The maximum absolute atomic E-state index is 12.4. The van der Waals surface area contributed by atoms with E-state index in [2.05, 4.69) is 9.72 Å². The van der Waals surface area contributed by atoms with Crippen LogP contribution in [0.3, 0.4) is 0 Å². The Morgan fingerprint density at radius 1 is 1.44 bits per heavy atom. The van der Waals surface area contributed by atoms with Gasteiger partial charge in [-0.25, -0.2) is 14.2 Å². The molecule has 88 valence electrons. The lowest BCUT2D eigenvalue weighted by molar-refractivity contribution is -0.138. The average Bonchev–Trinajstić information content (AvgIpc) is 2.24. The molecular formula is C9H7F4NO2. The Morgan fingerprint density at radius 2 is 2.12 bits per heavy atom. The summed E-state index contributed by atoms with van der Waals surface area (Å²) in [6, 6.07) is 1.76. The smallest absolute Gasteiger partial charge is 0.418 e. The summed E-state index contributed by atoms with van der Waals surface area (Å²) in [7, 11) is 0. The van der Waals surface area contributed by atoms with Crippen LogP contribution in [0, 0.1) is 0 Å². The molecule has 1 aromatic heterocycles. The van der Waals surface area contributed by atoms with Crippen LogP contribution in [0.2, 0.25) is 0 Å². The van der Waals surface area contributed by atoms with Crippen LogP contribution in [0.25, 0.3) is 0 Å². The van der Waals surface area contributed by atoms with Gasteiger partial charge >= 0.3 is 12.1 Å².